The van der Waals surface area contributed by atoms with Crippen LogP contribution in [-0.4, -0.2) is 26.2 Å². The molecule has 0 spiro atoms. The molecule has 0 fully saturated rings. The molecule has 1 unspecified atom stereocenters. The van der Waals surface area contributed by atoms with Gasteiger partial charge in [-0.25, -0.2) is 4.68 Å². The van der Waals surface area contributed by atoms with E-state index in [1.807, 2.05) is 17.1 Å². The summed E-state index contributed by atoms with van der Waals surface area (Å²) in [5.74, 6) is 1.36. The van der Waals surface area contributed by atoms with Gasteiger partial charge in [0, 0.05) is 23.7 Å². The highest BCUT2D eigenvalue weighted by Gasteiger charge is 2.30. The predicted molar refractivity (Wildman–Crippen MR) is 95.5 cm³/mol. The molecule has 3 heterocycles. The maximum absolute atomic E-state index is 6.01. The summed E-state index contributed by atoms with van der Waals surface area (Å²) in [4.78, 5) is 0. The third kappa shape index (κ3) is 3.50. The lowest BCUT2D eigenvalue weighted by molar-refractivity contribution is 0.0988. The van der Waals surface area contributed by atoms with Crippen molar-refractivity contribution in [3.05, 3.63) is 29.7 Å². The van der Waals surface area contributed by atoms with Gasteiger partial charge in [-0.15, -0.1) is 0 Å². The maximum atomic E-state index is 6.01. The van der Waals surface area contributed by atoms with Gasteiger partial charge in [-0.05, 0) is 23.3 Å². The zero-order chi connectivity index (χ0) is 17.5. The van der Waals surface area contributed by atoms with Gasteiger partial charge in [-0.3, -0.25) is 4.68 Å². The highest BCUT2D eigenvalue weighted by atomic mass is 16.5. The van der Waals surface area contributed by atoms with Crippen LogP contribution in [0.2, 0.25) is 0 Å². The SMILES string of the molecule is CC(CCn1cc(C(C)(C)C)cn1)c1cnn2c1OCC(C)(C)C2. The Morgan fingerprint density at radius 3 is 2.67 bits per heavy atom. The van der Waals surface area contributed by atoms with Crippen molar-refractivity contribution in [3.63, 3.8) is 0 Å². The number of aromatic nitrogens is 4. The molecule has 1 aliphatic rings. The molecule has 5 nitrogen and oxygen atoms in total. The van der Waals surface area contributed by atoms with Crippen molar-refractivity contribution in [3.8, 4) is 5.88 Å². The van der Waals surface area contributed by atoms with Crippen LogP contribution in [0.15, 0.2) is 18.6 Å². The van der Waals surface area contributed by atoms with Gasteiger partial charge >= 0.3 is 0 Å². The largest absolute Gasteiger partial charge is 0.477 e. The van der Waals surface area contributed by atoms with Crippen LogP contribution >= 0.6 is 0 Å². The summed E-state index contributed by atoms with van der Waals surface area (Å²) in [7, 11) is 0. The summed E-state index contributed by atoms with van der Waals surface area (Å²) in [6.07, 6.45) is 7.15. The lowest BCUT2D eigenvalue weighted by Crippen LogP contribution is -2.33. The molecule has 2 aromatic rings. The minimum atomic E-state index is 0.149. The van der Waals surface area contributed by atoms with Gasteiger partial charge in [0.1, 0.15) is 0 Å². The average molecular weight is 330 g/mol. The molecule has 0 aromatic carbocycles. The molecule has 0 saturated heterocycles. The second-order valence-electron chi connectivity index (χ2n) is 8.95. The summed E-state index contributed by atoms with van der Waals surface area (Å²) in [6.45, 7) is 15.9. The van der Waals surface area contributed by atoms with E-state index in [0.717, 1.165) is 32.0 Å². The summed E-state index contributed by atoms with van der Waals surface area (Å²) in [6, 6.07) is 0. The van der Waals surface area contributed by atoms with E-state index >= 15 is 0 Å². The molecule has 0 radical (unpaired) electrons. The molecule has 0 aliphatic carbocycles. The Hall–Kier alpha value is -1.78. The van der Waals surface area contributed by atoms with E-state index in [0.29, 0.717) is 5.92 Å². The fraction of sp³-hybridized carbons (Fsp3) is 0.684. The zero-order valence-electron chi connectivity index (χ0n) is 15.8. The molecule has 132 valence electrons. The van der Waals surface area contributed by atoms with Crippen molar-refractivity contribution in [2.45, 2.75) is 72.4 Å². The number of fused-ring (bicyclic) bond motifs is 1. The third-order valence-electron chi connectivity index (χ3n) is 4.82. The number of rotatable bonds is 4. The van der Waals surface area contributed by atoms with E-state index in [-0.39, 0.29) is 10.8 Å². The Kier molecular flexibility index (Phi) is 4.22. The number of nitrogens with zero attached hydrogens (tertiary/aromatic N) is 4. The van der Waals surface area contributed by atoms with E-state index in [1.54, 1.807) is 0 Å². The Morgan fingerprint density at radius 1 is 1.25 bits per heavy atom. The van der Waals surface area contributed by atoms with E-state index in [9.17, 15) is 0 Å². The number of hydrogen-bond acceptors (Lipinski definition) is 3. The predicted octanol–water partition coefficient (Wildman–Crippen LogP) is 3.99. The second kappa shape index (κ2) is 5.94. The van der Waals surface area contributed by atoms with Crippen LogP contribution in [0.4, 0.5) is 0 Å². The normalized spacial score (nSPS) is 18.1. The molecule has 0 bridgehead atoms. The van der Waals surface area contributed by atoms with E-state index < -0.39 is 0 Å². The first-order valence-electron chi connectivity index (χ1n) is 8.87. The standard InChI is InChI=1S/C19H30N4O/c1-14(7-8-22-11-15(9-20-22)18(2,3)4)16-10-21-23-12-19(5,6)13-24-17(16)23/h9-11,14H,7-8,12-13H2,1-6H3. The van der Waals surface area contributed by atoms with Crippen LogP contribution in [0, 0.1) is 5.41 Å². The molecular weight excluding hydrogens is 300 g/mol. The van der Waals surface area contributed by atoms with Crippen LogP contribution < -0.4 is 4.74 Å². The lowest BCUT2D eigenvalue weighted by atomic mass is 9.90. The van der Waals surface area contributed by atoms with Crippen molar-refractivity contribution < 1.29 is 4.74 Å². The van der Waals surface area contributed by atoms with E-state index in [2.05, 4.69) is 62.6 Å². The molecule has 1 aliphatic heterocycles. The van der Waals surface area contributed by atoms with Gasteiger partial charge in [0.05, 0.1) is 25.5 Å². The maximum Gasteiger partial charge on any atom is 0.215 e. The molecule has 3 rings (SSSR count). The van der Waals surface area contributed by atoms with E-state index in [1.165, 1.54) is 11.1 Å². The van der Waals surface area contributed by atoms with Crippen LogP contribution in [0.5, 0.6) is 5.88 Å². The summed E-state index contributed by atoms with van der Waals surface area (Å²) < 4.78 is 10.1. The summed E-state index contributed by atoms with van der Waals surface area (Å²) in [5.41, 5.74) is 2.80. The van der Waals surface area contributed by atoms with Gasteiger partial charge in [-0.1, -0.05) is 41.5 Å². The van der Waals surface area contributed by atoms with Crippen molar-refractivity contribution in [2.24, 2.45) is 5.41 Å². The van der Waals surface area contributed by atoms with Gasteiger partial charge in [0.25, 0.3) is 0 Å². The Balaban J connectivity index is 1.65. The summed E-state index contributed by atoms with van der Waals surface area (Å²) >= 11 is 0. The number of hydrogen-bond donors (Lipinski definition) is 0. The number of ether oxygens (including phenoxy) is 1. The van der Waals surface area contributed by atoms with Crippen LogP contribution in [0.25, 0.3) is 0 Å². The topological polar surface area (TPSA) is 44.9 Å². The monoisotopic (exact) mass is 330 g/mol. The Bertz CT molecular complexity index is 705. The molecule has 5 heteroatoms. The highest BCUT2D eigenvalue weighted by molar-refractivity contribution is 5.29. The van der Waals surface area contributed by atoms with Crippen LogP contribution in [0.1, 0.15) is 65.0 Å². The second-order valence-corrected chi connectivity index (χ2v) is 8.95. The van der Waals surface area contributed by atoms with Crippen molar-refractivity contribution in [2.75, 3.05) is 6.61 Å². The first-order valence-corrected chi connectivity index (χ1v) is 8.87. The van der Waals surface area contributed by atoms with E-state index in [4.69, 9.17) is 4.74 Å². The minimum absolute atomic E-state index is 0.149. The molecule has 0 saturated carbocycles. The van der Waals surface area contributed by atoms with Crippen LogP contribution in [-0.2, 0) is 18.5 Å². The van der Waals surface area contributed by atoms with Gasteiger partial charge in [-0.2, -0.15) is 10.2 Å². The fourth-order valence-electron chi connectivity index (χ4n) is 3.07. The summed E-state index contributed by atoms with van der Waals surface area (Å²) in [5, 5.41) is 9.04. The Labute approximate surface area is 145 Å². The molecule has 1 atom stereocenters. The van der Waals surface area contributed by atoms with Gasteiger partial charge in [0.15, 0.2) is 0 Å². The van der Waals surface area contributed by atoms with Crippen molar-refractivity contribution in [1.29, 1.82) is 0 Å². The Morgan fingerprint density at radius 2 is 2.00 bits per heavy atom. The smallest absolute Gasteiger partial charge is 0.215 e. The molecule has 0 amide bonds. The highest BCUT2D eigenvalue weighted by Crippen LogP contribution is 2.35. The first-order chi connectivity index (χ1) is 11.2. The number of aryl methyl sites for hydroxylation is 1. The quantitative estimate of drug-likeness (QED) is 0.851. The van der Waals surface area contributed by atoms with Crippen LogP contribution in [0.3, 0.4) is 0 Å². The lowest BCUT2D eigenvalue weighted by Gasteiger charge is -2.31. The van der Waals surface area contributed by atoms with Gasteiger partial charge < -0.3 is 4.74 Å². The fourth-order valence-corrected chi connectivity index (χ4v) is 3.07. The van der Waals surface area contributed by atoms with Crippen molar-refractivity contribution in [1.82, 2.24) is 19.6 Å². The molecule has 0 N–H and O–H groups in total. The third-order valence-corrected chi connectivity index (χ3v) is 4.82. The minimum Gasteiger partial charge on any atom is -0.477 e. The molecule has 2 aromatic heterocycles. The molecular formula is C19H30N4O. The van der Waals surface area contributed by atoms with Crippen molar-refractivity contribution >= 4 is 0 Å². The molecule has 24 heavy (non-hydrogen) atoms. The first kappa shape index (κ1) is 17.1. The zero-order valence-corrected chi connectivity index (χ0v) is 15.8. The average Bonchev–Trinajstić information content (AvgIpc) is 3.09. The van der Waals surface area contributed by atoms with Gasteiger partial charge in [0.2, 0.25) is 5.88 Å².